The Labute approximate surface area is 173 Å². The predicted molar refractivity (Wildman–Crippen MR) is 114 cm³/mol. The number of ether oxygens (including phenoxy) is 1. The molecule has 1 aliphatic heterocycles. The number of carbonyl (C=O) groups is 2. The molecule has 0 aromatic heterocycles. The van der Waals surface area contributed by atoms with E-state index in [2.05, 4.69) is 17.0 Å². The zero-order valence-electron chi connectivity index (χ0n) is 17.5. The van der Waals surface area contributed by atoms with Crippen molar-refractivity contribution in [3.63, 3.8) is 0 Å². The van der Waals surface area contributed by atoms with Gasteiger partial charge in [0.2, 0.25) is 0 Å². The van der Waals surface area contributed by atoms with Gasteiger partial charge in [-0.05, 0) is 31.9 Å². The average Bonchev–Trinajstić information content (AvgIpc) is 2.68. The van der Waals surface area contributed by atoms with E-state index in [9.17, 15) is 9.59 Å². The maximum Gasteiger partial charge on any atom is 0.410 e. The maximum absolute atomic E-state index is 13.2. The van der Waals surface area contributed by atoms with E-state index in [1.165, 1.54) is 0 Å². The van der Waals surface area contributed by atoms with E-state index in [-0.39, 0.29) is 17.9 Å². The first-order valence-corrected chi connectivity index (χ1v) is 10.1. The van der Waals surface area contributed by atoms with Gasteiger partial charge >= 0.3 is 6.09 Å². The zero-order valence-corrected chi connectivity index (χ0v) is 17.5. The monoisotopic (exact) mass is 394 g/mol. The molecule has 0 saturated carbocycles. The van der Waals surface area contributed by atoms with Crippen LogP contribution in [0.3, 0.4) is 0 Å². The van der Waals surface area contributed by atoms with Crippen LogP contribution in [0.25, 0.3) is 0 Å². The van der Waals surface area contributed by atoms with E-state index < -0.39 is 5.60 Å². The third-order valence-electron chi connectivity index (χ3n) is 4.96. The fraction of sp³-hybridized carbons (Fsp3) is 0.417. The van der Waals surface area contributed by atoms with E-state index >= 15 is 0 Å². The molecule has 0 spiro atoms. The Hall–Kier alpha value is -2.66. The third-order valence-corrected chi connectivity index (χ3v) is 4.96. The largest absolute Gasteiger partial charge is 0.444 e. The highest BCUT2D eigenvalue weighted by Crippen LogP contribution is 2.19. The first-order chi connectivity index (χ1) is 13.8. The number of hydrogen-bond acceptors (Lipinski definition) is 4. The van der Waals surface area contributed by atoms with Crippen molar-refractivity contribution < 1.29 is 14.3 Å². The standard InChI is InChI=1S/C24H30N2O3/c1-24(2,3)29-23(28)26-15-14-25(17-20-12-8-5-9-13-20)21(18-26)22(27)16-19-10-6-4-7-11-19/h4-13,21H,14-18H2,1-3H3. The number of rotatable bonds is 5. The third kappa shape index (κ3) is 6.16. The molecule has 3 rings (SSSR count). The van der Waals surface area contributed by atoms with Gasteiger partial charge in [-0.3, -0.25) is 9.69 Å². The number of nitrogens with zero attached hydrogens (tertiary/aromatic N) is 2. The number of amides is 1. The normalized spacial score (nSPS) is 17.8. The zero-order chi connectivity index (χ0) is 20.9. The van der Waals surface area contributed by atoms with Crippen LogP contribution in [0.5, 0.6) is 0 Å². The van der Waals surface area contributed by atoms with E-state index in [1.54, 1.807) is 4.90 Å². The molecule has 5 heteroatoms. The van der Waals surface area contributed by atoms with Gasteiger partial charge in [0.1, 0.15) is 5.60 Å². The lowest BCUT2D eigenvalue weighted by molar-refractivity contribution is -0.126. The van der Waals surface area contributed by atoms with Crippen molar-refractivity contribution >= 4 is 11.9 Å². The summed E-state index contributed by atoms with van der Waals surface area (Å²) in [5, 5.41) is 0. The summed E-state index contributed by atoms with van der Waals surface area (Å²) in [5.74, 6) is 0.125. The van der Waals surface area contributed by atoms with Gasteiger partial charge in [0.25, 0.3) is 0 Å². The van der Waals surface area contributed by atoms with Crippen LogP contribution in [0.15, 0.2) is 60.7 Å². The molecule has 0 radical (unpaired) electrons. The van der Waals surface area contributed by atoms with Crippen molar-refractivity contribution in [2.45, 2.75) is 45.4 Å². The smallest absolute Gasteiger partial charge is 0.410 e. The molecular weight excluding hydrogens is 364 g/mol. The van der Waals surface area contributed by atoms with Crippen LogP contribution >= 0.6 is 0 Å². The van der Waals surface area contributed by atoms with Gasteiger partial charge in [0.05, 0.1) is 6.04 Å². The lowest BCUT2D eigenvalue weighted by atomic mass is 9.99. The molecule has 29 heavy (non-hydrogen) atoms. The van der Waals surface area contributed by atoms with Crippen LogP contribution < -0.4 is 0 Å². The lowest BCUT2D eigenvalue weighted by Crippen LogP contribution is -2.58. The number of carbonyl (C=O) groups excluding carboxylic acids is 2. The Balaban J connectivity index is 1.75. The summed E-state index contributed by atoms with van der Waals surface area (Å²) < 4.78 is 5.53. The molecule has 0 N–H and O–H groups in total. The molecule has 1 atom stereocenters. The minimum absolute atomic E-state index is 0.125. The minimum atomic E-state index is -0.554. The first kappa shape index (κ1) is 21.1. The molecular formula is C24H30N2O3. The highest BCUT2D eigenvalue weighted by molar-refractivity contribution is 5.87. The van der Waals surface area contributed by atoms with Crippen molar-refractivity contribution in [1.29, 1.82) is 0 Å². The summed E-state index contributed by atoms with van der Waals surface area (Å²) in [6.45, 7) is 7.80. The first-order valence-electron chi connectivity index (χ1n) is 10.1. The molecule has 1 amide bonds. The highest BCUT2D eigenvalue weighted by Gasteiger charge is 2.35. The summed E-state index contributed by atoms with van der Waals surface area (Å²) in [5.41, 5.74) is 1.60. The molecule has 1 aliphatic rings. The van der Waals surface area contributed by atoms with Gasteiger partial charge in [0.15, 0.2) is 5.78 Å². The molecule has 1 saturated heterocycles. The van der Waals surface area contributed by atoms with Gasteiger partial charge in [-0.2, -0.15) is 0 Å². The van der Waals surface area contributed by atoms with E-state index in [1.807, 2.05) is 69.3 Å². The Bertz CT molecular complexity index is 815. The summed E-state index contributed by atoms with van der Waals surface area (Å²) >= 11 is 0. The quantitative estimate of drug-likeness (QED) is 0.771. The number of Topliss-reactive ketones (excluding diaryl/α,β-unsaturated/α-hetero) is 1. The average molecular weight is 395 g/mol. The fourth-order valence-electron chi connectivity index (χ4n) is 3.54. The van der Waals surface area contributed by atoms with Gasteiger partial charge < -0.3 is 9.64 Å². The second-order valence-electron chi connectivity index (χ2n) is 8.53. The Kier molecular flexibility index (Phi) is 6.70. The second-order valence-corrected chi connectivity index (χ2v) is 8.53. The summed E-state index contributed by atoms with van der Waals surface area (Å²) in [6, 6.07) is 19.6. The second kappa shape index (κ2) is 9.23. The van der Waals surface area contributed by atoms with Crippen molar-refractivity contribution in [1.82, 2.24) is 9.80 Å². The van der Waals surface area contributed by atoms with Crippen LogP contribution in [-0.4, -0.2) is 53.0 Å². The Morgan fingerprint density at radius 3 is 2.10 bits per heavy atom. The topological polar surface area (TPSA) is 49.9 Å². The van der Waals surface area contributed by atoms with Crippen molar-refractivity contribution in [2.75, 3.05) is 19.6 Å². The van der Waals surface area contributed by atoms with E-state index in [0.717, 1.165) is 11.1 Å². The van der Waals surface area contributed by atoms with Crippen molar-refractivity contribution in [3.05, 3.63) is 71.8 Å². The minimum Gasteiger partial charge on any atom is -0.444 e. The Morgan fingerprint density at radius 1 is 0.931 bits per heavy atom. The molecule has 154 valence electrons. The number of hydrogen-bond donors (Lipinski definition) is 0. The van der Waals surface area contributed by atoms with Crippen LogP contribution in [0.1, 0.15) is 31.9 Å². The predicted octanol–water partition coefficient (Wildman–Crippen LogP) is 3.92. The van der Waals surface area contributed by atoms with Crippen molar-refractivity contribution in [3.8, 4) is 0 Å². The molecule has 5 nitrogen and oxygen atoms in total. The molecule has 1 unspecified atom stereocenters. The van der Waals surface area contributed by atoms with Crippen molar-refractivity contribution in [2.24, 2.45) is 0 Å². The number of benzene rings is 2. The lowest BCUT2D eigenvalue weighted by Gasteiger charge is -2.41. The van der Waals surface area contributed by atoms with E-state index in [4.69, 9.17) is 4.74 Å². The van der Waals surface area contributed by atoms with E-state index in [0.29, 0.717) is 32.6 Å². The van der Waals surface area contributed by atoms with Crippen LogP contribution in [0.2, 0.25) is 0 Å². The molecule has 1 heterocycles. The molecule has 1 fully saturated rings. The highest BCUT2D eigenvalue weighted by atomic mass is 16.6. The fourth-order valence-corrected chi connectivity index (χ4v) is 3.54. The van der Waals surface area contributed by atoms with Gasteiger partial charge in [-0.25, -0.2) is 4.79 Å². The SMILES string of the molecule is CC(C)(C)OC(=O)N1CCN(Cc2ccccc2)C(C(=O)Cc2ccccc2)C1. The maximum atomic E-state index is 13.2. The molecule has 0 bridgehead atoms. The van der Waals surface area contributed by atoms with Gasteiger partial charge in [0, 0.05) is 32.6 Å². The molecule has 2 aromatic carbocycles. The van der Waals surface area contributed by atoms with Gasteiger partial charge in [-0.1, -0.05) is 60.7 Å². The van der Waals surface area contributed by atoms with Crippen LogP contribution in [-0.2, 0) is 22.5 Å². The van der Waals surface area contributed by atoms with Crippen LogP contribution in [0, 0.1) is 0 Å². The van der Waals surface area contributed by atoms with Gasteiger partial charge in [-0.15, -0.1) is 0 Å². The summed E-state index contributed by atoms with van der Waals surface area (Å²) in [4.78, 5) is 29.6. The number of piperazine rings is 1. The number of ketones is 1. The Morgan fingerprint density at radius 2 is 1.52 bits per heavy atom. The van der Waals surface area contributed by atoms with Crippen LogP contribution in [0.4, 0.5) is 4.79 Å². The molecule has 2 aromatic rings. The molecule has 0 aliphatic carbocycles. The summed E-state index contributed by atoms with van der Waals surface area (Å²) in [7, 11) is 0. The summed E-state index contributed by atoms with van der Waals surface area (Å²) in [6.07, 6.45) is 0.00764.